The average molecular weight is 1970 g/mol. The number of aryl methyl sites for hydroxylation is 3. The minimum atomic E-state index is -1.08. The van der Waals surface area contributed by atoms with Crippen LogP contribution in [-0.2, 0) is 52.3 Å². The number of carbonyl (C=O) groups is 6. The summed E-state index contributed by atoms with van der Waals surface area (Å²) >= 11 is 1.55. The van der Waals surface area contributed by atoms with Gasteiger partial charge >= 0.3 is 0 Å². The fraction of sp³-hybridized carbons (Fsp3) is 0.321. The van der Waals surface area contributed by atoms with Gasteiger partial charge in [0.2, 0.25) is 40.9 Å². The second-order valence-electron chi connectivity index (χ2n) is 37.3. The third-order valence-electron chi connectivity index (χ3n) is 27.5. The number of carbonyl (C=O) groups excluding carboxylic acids is 6. The van der Waals surface area contributed by atoms with Crippen molar-refractivity contribution in [1.29, 1.82) is 0 Å². The highest BCUT2D eigenvalue weighted by molar-refractivity contribution is 8.00. The van der Waals surface area contributed by atoms with Crippen LogP contribution in [0.25, 0.3) is 117 Å². The van der Waals surface area contributed by atoms with Gasteiger partial charge in [-0.2, -0.15) is 30.6 Å². The van der Waals surface area contributed by atoms with Crippen molar-refractivity contribution in [3.63, 3.8) is 0 Å². The van der Waals surface area contributed by atoms with Crippen LogP contribution in [-0.4, -0.2) is 303 Å². The number of amides is 6. The molecule has 145 heavy (non-hydrogen) atoms. The van der Waals surface area contributed by atoms with Crippen molar-refractivity contribution >= 4 is 114 Å². The van der Waals surface area contributed by atoms with Gasteiger partial charge in [0, 0.05) is 210 Å². The first-order chi connectivity index (χ1) is 70.3. The van der Waals surface area contributed by atoms with E-state index in [-0.39, 0.29) is 60.2 Å². The number of aromatic amines is 5. The molecule has 0 unspecified atom stereocenters. The van der Waals surface area contributed by atoms with Crippen LogP contribution in [0.5, 0.6) is 11.8 Å². The zero-order valence-electron chi connectivity index (χ0n) is 82.0. The molecule has 15 aromatic rings. The number of H-pyrrole nitrogens is 5. The van der Waals surface area contributed by atoms with Crippen LogP contribution >= 0.6 is 11.8 Å². The number of benzene rings is 6. The highest BCUT2D eigenvalue weighted by atomic mass is 32.2. The molecule has 6 amide bonds. The number of anilines is 3. The van der Waals surface area contributed by atoms with Crippen molar-refractivity contribution in [3.8, 4) is 79.7 Å². The van der Waals surface area contributed by atoms with E-state index in [1.165, 1.54) is 29.9 Å². The Morgan fingerprint density at radius 1 is 0.441 bits per heavy atom. The molecule has 6 aliphatic rings. The fourth-order valence-corrected chi connectivity index (χ4v) is 20.1. The lowest BCUT2D eigenvalue weighted by Gasteiger charge is -2.30. The number of hydrogen-bond donors (Lipinski definition) is 8. The number of methoxy groups -OCH3 is 3. The number of fused-ring (bicyclic) bond motifs is 3. The van der Waals surface area contributed by atoms with Gasteiger partial charge in [0.1, 0.15) is 40.3 Å². The summed E-state index contributed by atoms with van der Waals surface area (Å²) in [4.78, 5) is 129. The summed E-state index contributed by atoms with van der Waals surface area (Å²) in [6.07, 6.45) is 20.7. The molecule has 6 aliphatic heterocycles. The summed E-state index contributed by atoms with van der Waals surface area (Å²) in [5.74, 6) is 3.50. The maximum Gasteiger partial charge on any atom is 0.258 e. The highest BCUT2D eigenvalue weighted by Crippen LogP contribution is 2.40. The monoisotopic (exact) mass is 1970 g/mol. The Kier molecular flexibility index (Phi) is 28.9. The molecular formula is C106H113N27O11S. The number of aromatic nitrogens is 18. The molecule has 21 rings (SSSR count). The molecule has 6 aromatic carbocycles. The summed E-state index contributed by atoms with van der Waals surface area (Å²) in [5.41, 5.74) is 16.6. The number of pyridine rings is 3. The molecule has 15 heterocycles. The largest absolute Gasteiger partial charge is 0.481 e. The Balaban J connectivity index is 0.000000137. The smallest absolute Gasteiger partial charge is 0.258 e. The van der Waals surface area contributed by atoms with Crippen LogP contribution in [0.2, 0.25) is 0 Å². The van der Waals surface area contributed by atoms with Gasteiger partial charge in [-0.15, -0.1) is 11.8 Å². The van der Waals surface area contributed by atoms with Gasteiger partial charge in [0.05, 0.1) is 49.4 Å². The SMILES string of the molecule is CO[C@@]1(C(=O)Nc2ccc3[nH]nc(-c4ccc(=O)[nH]c4)c3c2)CCN(CC(=O)N2CC=C(c3ccc(-c4ncn(C)n4)cc3)CC2)C1.COc1cc(-c2n[nH]c3ccc(NC(=O)[C@]4(OC)CCN(CC(=O)N5CC=C(c6ccc(-c7ncn(C)n7)cc6)CC5)C4)cc23)ccn1.CS[C@@]1(C(=O)Nc2ccc3[nH]nc(-c4ccc(OC(C)C)nc4)c3c2)CCN(CC(=O)N2CC=C(c3ccc(-c4n[nH]c(C)n4)cc3)CC2)C1. The molecular weight excluding hydrogens is 1860 g/mol. The van der Waals surface area contributed by atoms with E-state index in [2.05, 4.69) is 156 Å². The van der Waals surface area contributed by atoms with E-state index in [4.69, 9.17) is 18.9 Å². The first-order valence-electron chi connectivity index (χ1n) is 48.2. The van der Waals surface area contributed by atoms with Crippen LogP contribution in [0, 0.1) is 6.92 Å². The molecule has 3 fully saturated rings. The second kappa shape index (κ2) is 42.8. The lowest BCUT2D eigenvalue weighted by molar-refractivity contribution is -0.138. The number of hydrogen-bond acceptors (Lipinski definition) is 26. The molecule has 744 valence electrons. The first-order valence-corrected chi connectivity index (χ1v) is 49.4. The number of nitrogens with zero attached hydrogens (tertiary/aromatic N) is 19. The number of rotatable bonds is 27. The maximum atomic E-state index is 13.8. The molecule has 0 bridgehead atoms. The Labute approximate surface area is 839 Å². The number of nitrogens with one attached hydrogen (secondary N) is 8. The topological polar surface area (TPSA) is 443 Å². The summed E-state index contributed by atoms with van der Waals surface area (Å²) in [5, 5.41) is 50.1. The lowest BCUT2D eigenvalue weighted by atomic mass is 9.98. The Morgan fingerprint density at radius 2 is 0.869 bits per heavy atom. The minimum absolute atomic E-state index is 0.0318. The van der Waals surface area contributed by atoms with Crippen LogP contribution in [0.3, 0.4) is 0 Å². The summed E-state index contributed by atoms with van der Waals surface area (Å²) in [7, 11) is 8.35. The molecule has 0 aliphatic carbocycles. The van der Waals surface area contributed by atoms with E-state index in [1.807, 2.05) is 175 Å². The van der Waals surface area contributed by atoms with Gasteiger partial charge < -0.3 is 54.6 Å². The second-order valence-corrected chi connectivity index (χ2v) is 38.5. The molecule has 8 N–H and O–H groups in total. The van der Waals surface area contributed by atoms with Gasteiger partial charge in [-0.3, -0.25) is 78.0 Å². The van der Waals surface area contributed by atoms with Crippen molar-refractivity contribution in [2.75, 3.05) is 142 Å². The third-order valence-corrected chi connectivity index (χ3v) is 28.8. The van der Waals surface area contributed by atoms with Crippen molar-refractivity contribution in [1.82, 2.24) is 120 Å². The van der Waals surface area contributed by atoms with Crippen LogP contribution in [0.15, 0.2) is 218 Å². The quantitative estimate of drug-likeness (QED) is 0.0237. The van der Waals surface area contributed by atoms with Crippen LogP contribution in [0.1, 0.15) is 74.9 Å². The van der Waals surface area contributed by atoms with Gasteiger partial charge in [0.15, 0.2) is 28.7 Å². The number of thioether (sulfide) groups is 1. The Bertz CT molecular complexity index is 7450. The normalized spacial score (nSPS) is 18.2. The highest BCUT2D eigenvalue weighted by Gasteiger charge is 2.49. The van der Waals surface area contributed by atoms with Crippen molar-refractivity contribution < 1.29 is 47.7 Å². The molecule has 0 saturated carbocycles. The van der Waals surface area contributed by atoms with Crippen molar-refractivity contribution in [3.05, 3.63) is 246 Å². The lowest BCUT2D eigenvalue weighted by Crippen LogP contribution is -2.48. The molecule has 0 spiro atoms. The van der Waals surface area contributed by atoms with Gasteiger partial charge in [0.25, 0.3) is 11.8 Å². The van der Waals surface area contributed by atoms with Crippen LogP contribution in [0.4, 0.5) is 17.1 Å². The summed E-state index contributed by atoms with van der Waals surface area (Å²) < 4.78 is 25.3. The molecule has 39 heteroatoms. The minimum Gasteiger partial charge on any atom is -0.481 e. The van der Waals surface area contributed by atoms with E-state index in [1.54, 1.807) is 78.7 Å². The predicted molar refractivity (Wildman–Crippen MR) is 555 cm³/mol. The van der Waals surface area contributed by atoms with E-state index in [0.717, 1.165) is 119 Å². The summed E-state index contributed by atoms with van der Waals surface area (Å²) in [6.45, 7) is 13.1. The van der Waals surface area contributed by atoms with E-state index >= 15 is 0 Å². The molecule has 3 atom stereocenters. The predicted octanol–water partition coefficient (Wildman–Crippen LogP) is 12.4. The number of likely N-dealkylation sites (tertiary alicyclic amines) is 3. The van der Waals surface area contributed by atoms with Crippen LogP contribution < -0.4 is 31.0 Å². The van der Waals surface area contributed by atoms with Crippen molar-refractivity contribution in [2.45, 2.75) is 81.3 Å². The van der Waals surface area contributed by atoms with Gasteiger partial charge in [-0.1, -0.05) is 91.0 Å². The maximum absolute atomic E-state index is 13.8. The summed E-state index contributed by atoms with van der Waals surface area (Å²) in [6, 6.07) is 52.1. The zero-order valence-corrected chi connectivity index (χ0v) is 82.8. The Morgan fingerprint density at radius 3 is 1.26 bits per heavy atom. The van der Waals surface area contributed by atoms with E-state index in [9.17, 15) is 33.6 Å². The van der Waals surface area contributed by atoms with Crippen molar-refractivity contribution in [2.24, 2.45) is 14.1 Å². The molecule has 38 nitrogen and oxygen atoms in total. The van der Waals surface area contributed by atoms with E-state index in [0.29, 0.717) is 156 Å². The van der Waals surface area contributed by atoms with E-state index < -0.39 is 15.9 Å². The third kappa shape index (κ3) is 21.9. The zero-order chi connectivity index (χ0) is 101. The first kappa shape index (κ1) is 98.0. The standard InChI is InChI=1S/C37H41N9O3S.C35H37N9O4.C34H35N9O4/c1-23(2)49-32-12-9-28(20-38-32)34-30-19-29(10-11-31(30)42-43-34)40-36(48)37(50-4)15-18-45(22-37)21-33(47)46-16-13-26(14-17-46)25-5-7-27(8-6-25)35-39-24(3)41-44-35;1-42-22-37-33(41-42)25-6-4-23(5-7-25)24-11-15-44(16-12-24)31(45)20-43-17-13-35(21-43,48-3)34(46)38-27-8-9-29-28(19-27)32(40-39-29)26-10-14-36-30(18-26)47-2;1-41-21-36-32(40-41)24-5-3-22(4-6-24)23-11-14-43(15-12-23)30(45)19-42-16-13-34(20-42,47-2)33(46)37-26-8-9-28-27(17-26)31(39-38-28)25-7-10-29(44)35-18-25/h5-13,19-20,23H,14-18,21-22H2,1-4H3,(H,40,48)(H,42,43)(H,39,41,44);4-11,14,18-19,22H,12-13,15-17,20-21H2,1-3H3,(H,38,46)(H,39,40);3-11,17-18,21H,12-16,19-20H2,1-2H3,(H,35,44)(H,37,46)(H,38,39)/t37-;35-;34-/m000/s1. The van der Waals surface area contributed by atoms with Gasteiger partial charge in [-0.25, -0.2) is 24.9 Å². The Hall–Kier alpha value is -15.8. The average Bonchev–Trinajstić information content (AvgIpc) is 1.66. The molecule has 3 saturated heterocycles. The fourth-order valence-electron chi connectivity index (χ4n) is 19.3. The van der Waals surface area contributed by atoms with Gasteiger partial charge in [-0.05, 0) is 172 Å². The number of ether oxygens (including phenoxy) is 4. The molecule has 0 radical (unpaired) electrons. The molecule has 9 aromatic heterocycles.